The molecule has 8 heteroatoms. The van der Waals surface area contributed by atoms with Gasteiger partial charge in [0.15, 0.2) is 16.6 Å². The van der Waals surface area contributed by atoms with Crippen molar-refractivity contribution in [1.82, 2.24) is 4.98 Å². The number of ether oxygens (including phenoxy) is 2. The maximum atomic E-state index is 12.6. The van der Waals surface area contributed by atoms with Gasteiger partial charge in [0, 0.05) is 28.6 Å². The first kappa shape index (κ1) is 16.8. The topological polar surface area (TPSA) is 89.6 Å². The summed E-state index contributed by atoms with van der Waals surface area (Å²) in [6, 6.07) is 10.9. The van der Waals surface area contributed by atoms with E-state index in [4.69, 9.17) is 9.47 Å². The number of fused-ring (bicyclic) bond motifs is 2. The van der Waals surface area contributed by atoms with E-state index in [1.165, 1.54) is 11.3 Å². The van der Waals surface area contributed by atoms with E-state index in [9.17, 15) is 9.59 Å². The second kappa shape index (κ2) is 6.65. The Bertz CT molecular complexity index is 1110. The molecule has 7 nitrogen and oxygen atoms in total. The van der Waals surface area contributed by atoms with Crippen molar-refractivity contribution in [2.45, 2.75) is 12.8 Å². The molecule has 0 fully saturated rings. The molecular weight excluding hydrogens is 378 g/mol. The van der Waals surface area contributed by atoms with E-state index in [-0.39, 0.29) is 18.6 Å². The molecule has 1 aromatic heterocycles. The van der Waals surface area contributed by atoms with Crippen LogP contribution < -0.4 is 20.1 Å². The highest BCUT2D eigenvalue weighted by molar-refractivity contribution is 7.14. The van der Waals surface area contributed by atoms with Crippen molar-refractivity contribution in [3.05, 3.63) is 52.9 Å². The maximum Gasteiger partial charge on any atom is 0.257 e. The summed E-state index contributed by atoms with van der Waals surface area (Å²) in [5.74, 6) is 1.18. The number of carbonyl (C=O) groups excluding carboxylic acids is 2. The fraction of sp³-hybridized carbons (Fsp3) is 0.150. The Kier molecular flexibility index (Phi) is 3.98. The predicted molar refractivity (Wildman–Crippen MR) is 105 cm³/mol. The number of nitrogens with zero attached hydrogens (tertiary/aromatic N) is 1. The van der Waals surface area contributed by atoms with Gasteiger partial charge in [-0.05, 0) is 48.4 Å². The normalized spacial score (nSPS) is 14.4. The Hall–Kier alpha value is -3.39. The van der Waals surface area contributed by atoms with E-state index in [1.807, 2.05) is 29.6 Å². The second-order valence-corrected chi connectivity index (χ2v) is 7.34. The van der Waals surface area contributed by atoms with E-state index >= 15 is 0 Å². The minimum absolute atomic E-state index is 0.00327. The molecule has 0 aliphatic carbocycles. The monoisotopic (exact) mass is 393 g/mol. The van der Waals surface area contributed by atoms with Gasteiger partial charge < -0.3 is 14.8 Å². The fourth-order valence-electron chi connectivity index (χ4n) is 3.21. The Morgan fingerprint density at radius 2 is 2.00 bits per heavy atom. The molecule has 5 rings (SSSR count). The Morgan fingerprint density at radius 1 is 1.11 bits per heavy atom. The van der Waals surface area contributed by atoms with Gasteiger partial charge in [0.25, 0.3) is 5.91 Å². The molecule has 28 heavy (non-hydrogen) atoms. The van der Waals surface area contributed by atoms with Crippen molar-refractivity contribution in [3.63, 3.8) is 0 Å². The number of aryl methyl sites for hydroxylation is 1. The molecule has 0 bridgehead atoms. The van der Waals surface area contributed by atoms with Crippen LogP contribution in [0.25, 0.3) is 11.3 Å². The Balaban J connectivity index is 1.33. The first-order valence-corrected chi connectivity index (χ1v) is 9.63. The molecule has 0 saturated carbocycles. The van der Waals surface area contributed by atoms with Crippen molar-refractivity contribution in [2.75, 3.05) is 17.4 Å². The summed E-state index contributed by atoms with van der Waals surface area (Å²) >= 11 is 1.36. The van der Waals surface area contributed by atoms with Crippen LogP contribution in [0.2, 0.25) is 0 Å². The highest BCUT2D eigenvalue weighted by atomic mass is 32.1. The molecule has 0 unspecified atom stereocenters. The highest BCUT2D eigenvalue weighted by Crippen LogP contribution is 2.36. The van der Waals surface area contributed by atoms with Crippen LogP contribution in [0, 0.1) is 0 Å². The second-order valence-electron chi connectivity index (χ2n) is 6.48. The summed E-state index contributed by atoms with van der Waals surface area (Å²) < 4.78 is 10.7. The average molecular weight is 393 g/mol. The number of rotatable bonds is 3. The smallest absolute Gasteiger partial charge is 0.257 e. The van der Waals surface area contributed by atoms with Gasteiger partial charge in [-0.1, -0.05) is 0 Å². The lowest BCUT2D eigenvalue weighted by molar-refractivity contribution is -0.116. The number of aromatic nitrogens is 1. The van der Waals surface area contributed by atoms with Gasteiger partial charge in [-0.25, -0.2) is 4.98 Å². The van der Waals surface area contributed by atoms with Gasteiger partial charge in [0.05, 0.1) is 5.69 Å². The van der Waals surface area contributed by atoms with Crippen LogP contribution >= 0.6 is 11.3 Å². The lowest BCUT2D eigenvalue weighted by atomic mass is 10.0. The molecule has 0 saturated heterocycles. The summed E-state index contributed by atoms with van der Waals surface area (Å²) in [7, 11) is 0. The zero-order valence-electron chi connectivity index (χ0n) is 14.7. The lowest BCUT2D eigenvalue weighted by Crippen LogP contribution is -2.20. The van der Waals surface area contributed by atoms with Crippen LogP contribution in [0.5, 0.6) is 11.5 Å². The van der Waals surface area contributed by atoms with Crippen LogP contribution in [-0.4, -0.2) is 23.6 Å². The number of hydrogen-bond donors (Lipinski definition) is 2. The third-order valence-corrected chi connectivity index (χ3v) is 5.41. The lowest BCUT2D eigenvalue weighted by Gasteiger charge is -2.17. The first-order valence-electron chi connectivity index (χ1n) is 8.75. The van der Waals surface area contributed by atoms with Crippen molar-refractivity contribution >= 4 is 34.0 Å². The molecular formula is C20H15N3O4S. The zero-order valence-corrected chi connectivity index (χ0v) is 15.5. The van der Waals surface area contributed by atoms with Crippen LogP contribution in [-0.2, 0) is 11.2 Å². The quantitative estimate of drug-likeness (QED) is 0.709. The molecule has 3 aromatic rings. The summed E-state index contributed by atoms with van der Waals surface area (Å²) in [4.78, 5) is 28.6. The van der Waals surface area contributed by atoms with Gasteiger partial charge in [-0.3, -0.25) is 14.9 Å². The van der Waals surface area contributed by atoms with Crippen LogP contribution in [0.15, 0.2) is 41.8 Å². The van der Waals surface area contributed by atoms with Gasteiger partial charge in [-0.2, -0.15) is 0 Å². The van der Waals surface area contributed by atoms with Crippen molar-refractivity contribution in [3.8, 4) is 22.8 Å². The average Bonchev–Trinajstić information content (AvgIpc) is 3.36. The number of hydrogen-bond acceptors (Lipinski definition) is 6. The van der Waals surface area contributed by atoms with E-state index in [2.05, 4.69) is 15.6 Å². The molecule has 0 atom stereocenters. The predicted octanol–water partition coefficient (Wildman–Crippen LogP) is 3.68. The number of benzene rings is 2. The third kappa shape index (κ3) is 3.07. The van der Waals surface area contributed by atoms with Gasteiger partial charge in [0.1, 0.15) is 0 Å². The Morgan fingerprint density at radius 3 is 2.93 bits per heavy atom. The summed E-state index contributed by atoms with van der Waals surface area (Å²) in [6.45, 7) is 0.224. The number of anilines is 2. The molecule has 2 amide bonds. The summed E-state index contributed by atoms with van der Waals surface area (Å²) in [5, 5.41) is 8.06. The van der Waals surface area contributed by atoms with Gasteiger partial charge in [0.2, 0.25) is 12.7 Å². The van der Waals surface area contributed by atoms with Gasteiger partial charge in [-0.15, -0.1) is 11.3 Å². The van der Waals surface area contributed by atoms with Crippen LogP contribution in [0.4, 0.5) is 10.8 Å². The number of thiazole rings is 1. The summed E-state index contributed by atoms with van der Waals surface area (Å²) in [6.07, 6.45) is 1.07. The molecule has 0 radical (unpaired) electrons. The molecule has 2 aliphatic rings. The minimum Gasteiger partial charge on any atom is -0.454 e. The van der Waals surface area contributed by atoms with E-state index in [1.54, 1.807) is 12.1 Å². The molecule has 2 aromatic carbocycles. The molecule has 140 valence electrons. The largest absolute Gasteiger partial charge is 0.454 e. The molecule has 0 spiro atoms. The Labute approximate surface area is 164 Å². The standard InChI is InChI=1S/C20H15N3O4S/c24-18-6-3-11-7-13(1-4-14(11)21-18)19(25)23-20-22-15(9-28-20)12-2-5-16-17(8-12)27-10-26-16/h1-2,4-5,7-9H,3,6,10H2,(H,21,24)(H,22,23,25). The molecule has 2 N–H and O–H groups in total. The van der Waals surface area contributed by atoms with E-state index < -0.39 is 0 Å². The van der Waals surface area contributed by atoms with E-state index in [0.29, 0.717) is 29.3 Å². The molecule has 2 aliphatic heterocycles. The van der Waals surface area contributed by atoms with Crippen LogP contribution in [0.1, 0.15) is 22.3 Å². The van der Waals surface area contributed by atoms with E-state index in [0.717, 1.165) is 28.3 Å². The van der Waals surface area contributed by atoms with Crippen LogP contribution in [0.3, 0.4) is 0 Å². The maximum absolute atomic E-state index is 12.6. The zero-order chi connectivity index (χ0) is 19.1. The third-order valence-electron chi connectivity index (χ3n) is 4.66. The number of nitrogens with one attached hydrogen (secondary N) is 2. The SMILES string of the molecule is O=C1CCc2cc(C(=O)Nc3nc(-c4ccc5c(c4)OCO5)cs3)ccc2N1. The minimum atomic E-state index is -0.230. The number of carbonyl (C=O) groups is 2. The van der Waals surface area contributed by atoms with Crippen molar-refractivity contribution < 1.29 is 19.1 Å². The highest BCUT2D eigenvalue weighted by Gasteiger charge is 2.18. The summed E-state index contributed by atoms with van der Waals surface area (Å²) in [5.41, 5.74) is 3.92. The first-order chi connectivity index (χ1) is 13.7. The van der Waals surface area contributed by atoms with Crippen molar-refractivity contribution in [2.24, 2.45) is 0 Å². The van der Waals surface area contributed by atoms with Crippen molar-refractivity contribution in [1.29, 1.82) is 0 Å². The fourth-order valence-corrected chi connectivity index (χ4v) is 3.93. The van der Waals surface area contributed by atoms with Gasteiger partial charge >= 0.3 is 0 Å². The molecule has 3 heterocycles. The number of amides is 2.